The Morgan fingerprint density at radius 2 is 2.31 bits per heavy atom. The molecule has 0 amide bonds. The zero-order valence-corrected chi connectivity index (χ0v) is 6.83. The fourth-order valence-electron chi connectivity index (χ4n) is 1.03. The normalized spacial score (nSPS) is 14.9. The first-order chi connectivity index (χ1) is 6.25. The molecule has 1 aliphatic heterocycles. The summed E-state index contributed by atoms with van der Waals surface area (Å²) in [5, 5.41) is 1.34. The van der Waals surface area contributed by atoms with Crippen molar-refractivity contribution in [3.8, 4) is 0 Å². The van der Waals surface area contributed by atoms with Gasteiger partial charge < -0.3 is 4.84 Å². The first kappa shape index (κ1) is 7.91. The van der Waals surface area contributed by atoms with Crippen LogP contribution in [0.15, 0.2) is 36.2 Å². The Balaban J connectivity index is 2.18. The molecule has 0 unspecified atom stereocenters. The first-order valence-electron chi connectivity index (χ1n) is 3.78. The Bertz CT molecular complexity index is 351. The van der Waals surface area contributed by atoms with E-state index < -0.39 is 0 Å². The van der Waals surface area contributed by atoms with E-state index in [0.29, 0.717) is 11.4 Å². The standard InChI is InChI=1S/C9H8FN2O/c1-7-6-11-12(13-7)9-4-2-3-8(10)5-9/h2-6,11H,1H2. The summed E-state index contributed by atoms with van der Waals surface area (Å²) in [6, 6.07) is 6.07. The molecule has 1 heterocycles. The van der Waals surface area contributed by atoms with Gasteiger partial charge in [0, 0.05) is 13.0 Å². The van der Waals surface area contributed by atoms with Gasteiger partial charge in [0.05, 0.1) is 6.20 Å². The fraction of sp³-hybridized carbons (Fsp3) is 0. The third-order valence-electron chi connectivity index (χ3n) is 1.59. The second-order valence-corrected chi connectivity index (χ2v) is 2.61. The molecule has 13 heavy (non-hydrogen) atoms. The van der Waals surface area contributed by atoms with Gasteiger partial charge in [-0.1, -0.05) is 6.07 Å². The summed E-state index contributed by atoms with van der Waals surface area (Å²) in [6.45, 7) is 3.58. The Hall–Kier alpha value is -1.71. The Kier molecular flexibility index (Phi) is 1.81. The van der Waals surface area contributed by atoms with Crippen LogP contribution in [0.1, 0.15) is 0 Å². The van der Waals surface area contributed by atoms with Crippen LogP contribution >= 0.6 is 0 Å². The van der Waals surface area contributed by atoms with Gasteiger partial charge in [0.2, 0.25) is 0 Å². The molecule has 3 nitrogen and oxygen atoms in total. The van der Waals surface area contributed by atoms with E-state index in [1.54, 1.807) is 18.3 Å². The molecular formula is C9H8FN2O. The first-order valence-corrected chi connectivity index (χ1v) is 3.78. The van der Waals surface area contributed by atoms with Crippen molar-refractivity contribution in [1.82, 2.24) is 5.43 Å². The smallest absolute Gasteiger partial charge is 0.152 e. The average Bonchev–Trinajstić information content (AvgIpc) is 2.52. The fourth-order valence-corrected chi connectivity index (χ4v) is 1.03. The van der Waals surface area contributed by atoms with Gasteiger partial charge in [-0.05, 0) is 12.1 Å². The van der Waals surface area contributed by atoms with Crippen LogP contribution in [0.25, 0.3) is 0 Å². The summed E-state index contributed by atoms with van der Waals surface area (Å²) in [6.07, 6.45) is 1.59. The van der Waals surface area contributed by atoms with Crippen molar-refractivity contribution in [2.75, 3.05) is 5.17 Å². The largest absolute Gasteiger partial charge is 0.362 e. The molecule has 1 radical (unpaired) electrons. The molecule has 0 aromatic heterocycles. The van der Waals surface area contributed by atoms with E-state index >= 15 is 0 Å². The number of nitrogens with one attached hydrogen (secondary N) is 1. The van der Waals surface area contributed by atoms with Crippen molar-refractivity contribution in [2.24, 2.45) is 0 Å². The van der Waals surface area contributed by atoms with Crippen LogP contribution in [-0.4, -0.2) is 0 Å². The van der Waals surface area contributed by atoms with Gasteiger partial charge in [-0.2, -0.15) is 0 Å². The van der Waals surface area contributed by atoms with Crippen molar-refractivity contribution in [1.29, 1.82) is 0 Å². The van der Waals surface area contributed by atoms with Gasteiger partial charge in [-0.25, -0.2) is 4.39 Å². The molecule has 1 N–H and O–H groups in total. The molecule has 1 aromatic rings. The molecule has 67 valence electrons. The molecule has 0 saturated heterocycles. The molecular weight excluding hydrogens is 171 g/mol. The van der Waals surface area contributed by atoms with E-state index in [0.717, 1.165) is 0 Å². The number of hydrazine groups is 1. The number of nitrogens with zero attached hydrogens (tertiary/aromatic N) is 1. The van der Waals surface area contributed by atoms with Crippen molar-refractivity contribution in [3.63, 3.8) is 0 Å². The number of hydrogen-bond donors (Lipinski definition) is 1. The molecule has 2 rings (SSSR count). The van der Waals surface area contributed by atoms with Crippen molar-refractivity contribution >= 4 is 5.69 Å². The lowest BCUT2D eigenvalue weighted by Crippen LogP contribution is -2.28. The van der Waals surface area contributed by atoms with Gasteiger partial charge in [0.25, 0.3) is 0 Å². The van der Waals surface area contributed by atoms with Gasteiger partial charge in [0.1, 0.15) is 11.5 Å². The van der Waals surface area contributed by atoms with Crippen molar-refractivity contribution in [3.05, 3.63) is 49.0 Å². The number of halogens is 1. The minimum absolute atomic E-state index is 0.305. The summed E-state index contributed by atoms with van der Waals surface area (Å²) in [5.74, 6) is 0.185. The van der Waals surface area contributed by atoms with Gasteiger partial charge in [-0.15, -0.1) is 5.17 Å². The van der Waals surface area contributed by atoms with Crippen LogP contribution in [0.2, 0.25) is 0 Å². The maximum absolute atomic E-state index is 12.8. The maximum Gasteiger partial charge on any atom is 0.152 e. The van der Waals surface area contributed by atoms with E-state index in [2.05, 4.69) is 12.3 Å². The van der Waals surface area contributed by atoms with E-state index in [1.807, 2.05) is 0 Å². The Morgan fingerprint density at radius 1 is 1.46 bits per heavy atom. The third-order valence-corrected chi connectivity index (χ3v) is 1.59. The summed E-state index contributed by atoms with van der Waals surface area (Å²) < 4.78 is 12.8. The highest BCUT2D eigenvalue weighted by Gasteiger charge is 2.12. The quantitative estimate of drug-likeness (QED) is 0.710. The van der Waals surface area contributed by atoms with Crippen LogP contribution in [0, 0.1) is 12.7 Å². The molecule has 0 saturated carbocycles. The molecule has 4 heteroatoms. The van der Waals surface area contributed by atoms with Crippen molar-refractivity contribution in [2.45, 2.75) is 0 Å². The zero-order valence-electron chi connectivity index (χ0n) is 6.83. The van der Waals surface area contributed by atoms with E-state index in [4.69, 9.17) is 4.84 Å². The molecule has 1 aromatic carbocycles. The monoisotopic (exact) mass is 179 g/mol. The molecule has 0 atom stereocenters. The molecule has 0 bridgehead atoms. The average molecular weight is 179 g/mol. The van der Waals surface area contributed by atoms with Crippen LogP contribution in [0.3, 0.4) is 0 Å². The SMILES string of the molecule is [CH2]C1=CNN(c2cccc(F)c2)O1. The highest BCUT2D eigenvalue weighted by molar-refractivity contribution is 5.44. The second-order valence-electron chi connectivity index (χ2n) is 2.61. The summed E-state index contributed by atoms with van der Waals surface area (Å²) in [7, 11) is 0. The van der Waals surface area contributed by atoms with Crippen LogP contribution < -0.4 is 10.6 Å². The number of rotatable bonds is 1. The molecule has 1 aliphatic rings. The van der Waals surface area contributed by atoms with Crippen LogP contribution in [0.4, 0.5) is 10.1 Å². The molecule has 0 spiro atoms. The van der Waals surface area contributed by atoms with Crippen LogP contribution in [-0.2, 0) is 4.84 Å². The highest BCUT2D eigenvalue weighted by Crippen LogP contribution is 2.18. The van der Waals surface area contributed by atoms with E-state index in [-0.39, 0.29) is 5.82 Å². The summed E-state index contributed by atoms with van der Waals surface area (Å²) in [4.78, 5) is 5.11. The Morgan fingerprint density at radius 3 is 2.92 bits per heavy atom. The number of benzene rings is 1. The van der Waals surface area contributed by atoms with Gasteiger partial charge in [-0.3, -0.25) is 5.43 Å². The minimum Gasteiger partial charge on any atom is -0.362 e. The maximum atomic E-state index is 12.8. The summed E-state index contributed by atoms with van der Waals surface area (Å²) >= 11 is 0. The van der Waals surface area contributed by atoms with Gasteiger partial charge >= 0.3 is 0 Å². The predicted octanol–water partition coefficient (Wildman–Crippen LogP) is 1.76. The van der Waals surface area contributed by atoms with E-state index in [1.165, 1.54) is 17.3 Å². The lowest BCUT2D eigenvalue weighted by Gasteiger charge is -2.16. The topological polar surface area (TPSA) is 24.5 Å². The third kappa shape index (κ3) is 1.56. The van der Waals surface area contributed by atoms with Crippen molar-refractivity contribution < 1.29 is 9.23 Å². The minimum atomic E-state index is -0.305. The lowest BCUT2D eigenvalue weighted by molar-refractivity contribution is 0.200. The zero-order chi connectivity index (χ0) is 9.26. The van der Waals surface area contributed by atoms with E-state index in [9.17, 15) is 4.39 Å². The Labute approximate surface area is 75.3 Å². The number of hydrogen-bond acceptors (Lipinski definition) is 3. The second kappa shape index (κ2) is 2.97. The number of anilines is 1. The predicted molar refractivity (Wildman–Crippen MR) is 46.5 cm³/mol. The van der Waals surface area contributed by atoms with Gasteiger partial charge in [0.15, 0.2) is 5.76 Å². The number of allylic oxidation sites excluding steroid dienone is 1. The van der Waals surface area contributed by atoms with Crippen LogP contribution in [0.5, 0.6) is 0 Å². The lowest BCUT2D eigenvalue weighted by atomic mass is 10.3. The molecule has 0 fully saturated rings. The molecule has 0 aliphatic carbocycles. The highest BCUT2D eigenvalue weighted by atomic mass is 19.1. The summed E-state index contributed by atoms with van der Waals surface area (Å²) in [5.41, 5.74) is 3.36.